The zero-order chi connectivity index (χ0) is 24.9. The number of nitrogens with one attached hydrogen (secondary N) is 2. The summed E-state index contributed by atoms with van der Waals surface area (Å²) >= 11 is 0. The molecule has 0 aromatic heterocycles. The normalized spacial score (nSPS) is 17.1. The Hall–Kier alpha value is -3.90. The molecule has 3 aromatic rings. The summed E-state index contributed by atoms with van der Waals surface area (Å²) in [6.45, 7) is 3.29. The molecule has 36 heavy (non-hydrogen) atoms. The van der Waals surface area contributed by atoms with Crippen LogP contribution in [-0.2, 0) is 16.1 Å². The van der Waals surface area contributed by atoms with Gasteiger partial charge in [0.05, 0.1) is 29.6 Å². The van der Waals surface area contributed by atoms with E-state index in [4.69, 9.17) is 4.74 Å². The molecular formula is C30H31N3O3. The zero-order valence-corrected chi connectivity index (χ0v) is 20.5. The summed E-state index contributed by atoms with van der Waals surface area (Å²) in [6, 6.07) is 23.4. The standard InChI is InChI=1S/C30H31N3O3/c1-36-30(35)23-13-16-25-26(19-23)32-29(34)27(25)28(22-9-5-4-6-10-22)31-24-14-11-21(12-15-24)20-33-17-7-2-3-8-18-33/h4-6,9-16,19,31H,2-3,7-8,17-18,20H2,1H3,(H,32,34). The Morgan fingerprint density at radius 3 is 2.33 bits per heavy atom. The third-order valence-electron chi connectivity index (χ3n) is 6.83. The number of fused-ring (bicyclic) bond motifs is 1. The summed E-state index contributed by atoms with van der Waals surface area (Å²) in [5, 5.41) is 6.42. The first-order valence-corrected chi connectivity index (χ1v) is 12.5. The van der Waals surface area contributed by atoms with E-state index in [1.54, 1.807) is 18.2 Å². The van der Waals surface area contributed by atoms with E-state index < -0.39 is 5.97 Å². The highest BCUT2D eigenvalue weighted by Crippen LogP contribution is 2.38. The maximum atomic E-state index is 13.2. The molecule has 2 heterocycles. The van der Waals surface area contributed by atoms with Gasteiger partial charge in [-0.2, -0.15) is 0 Å². The van der Waals surface area contributed by atoms with Crippen LogP contribution in [-0.4, -0.2) is 37.0 Å². The quantitative estimate of drug-likeness (QED) is 0.345. The van der Waals surface area contributed by atoms with E-state index >= 15 is 0 Å². The molecule has 2 aliphatic rings. The monoisotopic (exact) mass is 481 g/mol. The summed E-state index contributed by atoms with van der Waals surface area (Å²) in [4.78, 5) is 27.7. The number of hydrogen-bond donors (Lipinski definition) is 2. The van der Waals surface area contributed by atoms with Crippen LogP contribution in [0.1, 0.15) is 52.7 Å². The molecule has 0 unspecified atom stereocenters. The molecule has 0 spiro atoms. The Kier molecular flexibility index (Phi) is 7.14. The lowest BCUT2D eigenvalue weighted by atomic mass is 9.99. The van der Waals surface area contributed by atoms with Crippen molar-refractivity contribution in [3.8, 4) is 0 Å². The second-order valence-electron chi connectivity index (χ2n) is 9.33. The molecule has 0 atom stereocenters. The number of likely N-dealkylation sites (tertiary alicyclic amines) is 1. The number of carbonyl (C=O) groups excluding carboxylic acids is 2. The van der Waals surface area contributed by atoms with Crippen molar-refractivity contribution in [2.75, 3.05) is 30.8 Å². The van der Waals surface area contributed by atoms with Gasteiger partial charge in [-0.25, -0.2) is 4.79 Å². The van der Waals surface area contributed by atoms with E-state index in [9.17, 15) is 9.59 Å². The number of methoxy groups -OCH3 is 1. The molecule has 0 radical (unpaired) electrons. The van der Waals surface area contributed by atoms with Crippen LogP contribution < -0.4 is 10.6 Å². The average molecular weight is 482 g/mol. The fraction of sp³-hybridized carbons (Fsp3) is 0.267. The molecule has 6 heteroatoms. The second kappa shape index (κ2) is 10.8. The average Bonchev–Trinajstić information content (AvgIpc) is 3.05. The van der Waals surface area contributed by atoms with Crippen molar-refractivity contribution >= 4 is 34.5 Å². The van der Waals surface area contributed by atoms with Crippen molar-refractivity contribution in [3.05, 3.63) is 95.1 Å². The van der Waals surface area contributed by atoms with Crippen LogP contribution in [0.15, 0.2) is 72.8 Å². The van der Waals surface area contributed by atoms with Gasteiger partial charge < -0.3 is 15.4 Å². The van der Waals surface area contributed by atoms with E-state index in [0.717, 1.165) is 42.1 Å². The van der Waals surface area contributed by atoms with E-state index in [1.807, 2.05) is 30.3 Å². The summed E-state index contributed by atoms with van der Waals surface area (Å²) < 4.78 is 4.83. The van der Waals surface area contributed by atoms with Gasteiger partial charge >= 0.3 is 5.97 Å². The number of rotatable bonds is 6. The van der Waals surface area contributed by atoms with E-state index in [-0.39, 0.29) is 5.91 Å². The SMILES string of the molecule is COC(=O)c1ccc2c(c1)NC(=O)C2=C(Nc1ccc(CN2CCCCCC2)cc1)c1ccccc1. The van der Waals surface area contributed by atoms with Gasteiger partial charge in [0.25, 0.3) is 5.91 Å². The summed E-state index contributed by atoms with van der Waals surface area (Å²) in [5.74, 6) is -0.651. The maximum absolute atomic E-state index is 13.2. The van der Waals surface area contributed by atoms with Gasteiger partial charge in [-0.15, -0.1) is 0 Å². The third kappa shape index (κ3) is 5.19. The second-order valence-corrected chi connectivity index (χ2v) is 9.33. The van der Waals surface area contributed by atoms with Gasteiger partial charge in [0.15, 0.2) is 0 Å². The molecule has 0 saturated carbocycles. The fourth-order valence-electron chi connectivity index (χ4n) is 4.94. The van der Waals surface area contributed by atoms with Gasteiger partial charge in [-0.1, -0.05) is 61.4 Å². The van der Waals surface area contributed by atoms with Gasteiger partial charge in [0, 0.05) is 17.8 Å². The summed E-state index contributed by atoms with van der Waals surface area (Å²) in [5.41, 5.74) is 6.11. The number of carbonyl (C=O) groups is 2. The van der Waals surface area contributed by atoms with Crippen molar-refractivity contribution in [2.24, 2.45) is 0 Å². The van der Waals surface area contributed by atoms with Crippen LogP contribution in [0.2, 0.25) is 0 Å². The first kappa shape index (κ1) is 23.8. The first-order valence-electron chi connectivity index (χ1n) is 12.5. The predicted octanol–water partition coefficient (Wildman–Crippen LogP) is 5.78. The fourth-order valence-corrected chi connectivity index (χ4v) is 4.94. The first-order chi connectivity index (χ1) is 17.6. The Morgan fingerprint density at radius 2 is 1.64 bits per heavy atom. The minimum absolute atomic E-state index is 0.212. The third-order valence-corrected chi connectivity index (χ3v) is 6.83. The van der Waals surface area contributed by atoms with E-state index in [1.165, 1.54) is 38.4 Å². The van der Waals surface area contributed by atoms with Crippen LogP contribution in [0.5, 0.6) is 0 Å². The zero-order valence-electron chi connectivity index (χ0n) is 20.5. The van der Waals surface area contributed by atoms with Crippen molar-refractivity contribution in [3.63, 3.8) is 0 Å². The van der Waals surface area contributed by atoms with Crippen molar-refractivity contribution in [1.82, 2.24) is 4.90 Å². The predicted molar refractivity (Wildman–Crippen MR) is 143 cm³/mol. The molecule has 2 aliphatic heterocycles. The molecule has 0 aliphatic carbocycles. The lowest BCUT2D eigenvalue weighted by Gasteiger charge is -2.20. The Bertz CT molecular complexity index is 1270. The molecular weight excluding hydrogens is 450 g/mol. The van der Waals surface area contributed by atoms with E-state index in [0.29, 0.717) is 16.8 Å². The molecule has 3 aromatic carbocycles. The van der Waals surface area contributed by atoms with Crippen molar-refractivity contribution in [2.45, 2.75) is 32.2 Å². The van der Waals surface area contributed by atoms with Crippen LogP contribution in [0, 0.1) is 0 Å². The Morgan fingerprint density at radius 1 is 0.917 bits per heavy atom. The van der Waals surface area contributed by atoms with Gasteiger partial charge in [-0.05, 0) is 61.3 Å². The van der Waals surface area contributed by atoms with Crippen molar-refractivity contribution in [1.29, 1.82) is 0 Å². The Labute approximate surface area is 212 Å². The number of hydrogen-bond acceptors (Lipinski definition) is 5. The number of ether oxygens (including phenoxy) is 1. The largest absolute Gasteiger partial charge is 0.465 e. The highest BCUT2D eigenvalue weighted by atomic mass is 16.5. The molecule has 1 fully saturated rings. The van der Waals surface area contributed by atoms with Crippen LogP contribution in [0.3, 0.4) is 0 Å². The number of amides is 1. The number of anilines is 2. The highest BCUT2D eigenvalue weighted by Gasteiger charge is 2.29. The molecule has 2 N–H and O–H groups in total. The maximum Gasteiger partial charge on any atom is 0.337 e. The van der Waals surface area contributed by atoms with Gasteiger partial charge in [-0.3, -0.25) is 9.69 Å². The summed E-state index contributed by atoms with van der Waals surface area (Å²) in [6.07, 6.45) is 5.21. The lowest BCUT2D eigenvalue weighted by Crippen LogP contribution is -2.23. The minimum Gasteiger partial charge on any atom is -0.465 e. The lowest BCUT2D eigenvalue weighted by molar-refractivity contribution is -0.110. The highest BCUT2D eigenvalue weighted by molar-refractivity contribution is 6.37. The smallest absolute Gasteiger partial charge is 0.337 e. The van der Waals surface area contributed by atoms with Gasteiger partial charge in [0.1, 0.15) is 0 Å². The minimum atomic E-state index is -0.439. The van der Waals surface area contributed by atoms with Gasteiger partial charge in [0.2, 0.25) is 0 Å². The number of esters is 1. The number of nitrogens with zero attached hydrogens (tertiary/aromatic N) is 1. The van der Waals surface area contributed by atoms with Crippen molar-refractivity contribution < 1.29 is 14.3 Å². The van der Waals surface area contributed by atoms with Crippen LogP contribution in [0.25, 0.3) is 11.3 Å². The molecule has 5 rings (SSSR count). The molecule has 6 nitrogen and oxygen atoms in total. The summed E-state index contributed by atoms with van der Waals surface area (Å²) in [7, 11) is 1.34. The van der Waals surface area contributed by atoms with E-state index in [2.05, 4.69) is 39.8 Å². The topological polar surface area (TPSA) is 70.7 Å². The molecule has 1 saturated heterocycles. The molecule has 184 valence electrons. The Balaban J connectivity index is 1.46. The van der Waals surface area contributed by atoms with Crippen LogP contribution in [0.4, 0.5) is 11.4 Å². The van der Waals surface area contributed by atoms with Crippen LogP contribution >= 0.6 is 0 Å². The molecule has 1 amide bonds. The molecule has 0 bridgehead atoms. The number of benzene rings is 3.